The Morgan fingerprint density at radius 3 is 1.65 bits per heavy atom. The van der Waals surface area contributed by atoms with Crippen molar-refractivity contribution in [3.63, 3.8) is 0 Å². The van der Waals surface area contributed by atoms with Crippen molar-refractivity contribution in [2.45, 2.75) is 16.7 Å². The molecule has 0 amide bonds. The van der Waals surface area contributed by atoms with E-state index in [1.165, 1.54) is 0 Å². The molecule has 7 heteroatoms. The second kappa shape index (κ2) is 6.37. The Balaban J connectivity index is 2.95. The van der Waals surface area contributed by atoms with Crippen LogP contribution in [0.1, 0.15) is 5.56 Å². The molecule has 0 fully saturated rings. The van der Waals surface area contributed by atoms with Gasteiger partial charge in [-0.3, -0.25) is 0 Å². The number of aryl methyl sites for hydroxylation is 1. The second-order valence-electron chi connectivity index (χ2n) is 4.07. The molecule has 0 N–H and O–H groups in total. The molecule has 0 spiro atoms. The highest BCUT2D eigenvalue weighted by Crippen LogP contribution is 2.50. The van der Waals surface area contributed by atoms with E-state index >= 15 is 0 Å². The smallest absolute Gasteiger partial charge is 0.0809 e. The zero-order valence-electron chi connectivity index (χ0n) is 9.94. The first-order valence-electron chi connectivity index (χ1n) is 5.30. The summed E-state index contributed by atoms with van der Waals surface area (Å²) in [4.78, 5) is 1.34. The molecule has 0 atom stereocenters. The zero-order chi connectivity index (χ0) is 15.2. The van der Waals surface area contributed by atoms with E-state index in [4.69, 9.17) is 58.0 Å². The van der Waals surface area contributed by atoms with Crippen LogP contribution in [0.5, 0.6) is 0 Å². The number of hydrogen-bond acceptors (Lipinski definition) is 2. The van der Waals surface area contributed by atoms with Gasteiger partial charge in [0.05, 0.1) is 25.1 Å². The maximum atomic E-state index is 6.29. The van der Waals surface area contributed by atoms with Gasteiger partial charge < -0.3 is 0 Å². The van der Waals surface area contributed by atoms with Crippen LogP contribution in [0.25, 0.3) is 11.1 Å². The minimum absolute atomic E-state index is 0.132. The summed E-state index contributed by atoms with van der Waals surface area (Å²) < 4.78 is 0. The van der Waals surface area contributed by atoms with Crippen molar-refractivity contribution in [1.29, 1.82) is 0 Å². The number of benzene rings is 2. The van der Waals surface area contributed by atoms with E-state index in [-0.39, 0.29) is 25.1 Å². The molecule has 0 saturated carbocycles. The van der Waals surface area contributed by atoms with E-state index in [1.54, 1.807) is 0 Å². The molecule has 106 valence electrons. The maximum absolute atomic E-state index is 6.29. The molecule has 0 heterocycles. The molecule has 2 aromatic rings. The normalized spacial score (nSPS) is 11.0. The molecule has 0 saturated heterocycles. The Bertz CT molecular complexity index is 684. The highest BCUT2D eigenvalue weighted by atomic mass is 35.5. The molecule has 2 rings (SSSR count). The Morgan fingerprint density at radius 1 is 0.700 bits per heavy atom. The summed E-state index contributed by atoms with van der Waals surface area (Å²) in [6.45, 7) is 1.91. The van der Waals surface area contributed by atoms with Crippen molar-refractivity contribution in [1.82, 2.24) is 0 Å². The number of hydrogen-bond donors (Lipinski definition) is 2. The fourth-order valence-corrected chi connectivity index (χ4v) is 3.70. The van der Waals surface area contributed by atoms with Crippen LogP contribution >= 0.6 is 83.3 Å². The Hall–Kier alpha value is 0.590. The third kappa shape index (κ3) is 2.77. The van der Waals surface area contributed by atoms with Gasteiger partial charge in [0, 0.05) is 20.9 Å². The molecule has 0 aliphatic heterocycles. The summed E-state index contributed by atoms with van der Waals surface area (Å²) in [5.41, 5.74) is 2.16. The molecule has 0 aliphatic carbocycles. The quantitative estimate of drug-likeness (QED) is 0.274. The average Bonchev–Trinajstić information content (AvgIpc) is 2.42. The summed E-state index contributed by atoms with van der Waals surface area (Å²) in [7, 11) is 0. The van der Waals surface area contributed by atoms with Gasteiger partial charge in [0.1, 0.15) is 0 Å². The van der Waals surface area contributed by atoms with Gasteiger partial charge in [-0.15, -0.1) is 25.3 Å². The molecule has 0 aromatic heterocycles. The lowest BCUT2D eigenvalue weighted by atomic mass is 10.00. The third-order valence-corrected chi connectivity index (χ3v) is 6.12. The monoisotopic (exact) mass is 402 g/mol. The van der Waals surface area contributed by atoms with Crippen molar-refractivity contribution < 1.29 is 0 Å². The summed E-state index contributed by atoms with van der Waals surface area (Å²) in [6.07, 6.45) is 0. The molecule has 0 nitrogen and oxygen atoms in total. The largest absolute Gasteiger partial charge is 0.142 e. The van der Waals surface area contributed by atoms with Gasteiger partial charge in [0.25, 0.3) is 0 Å². The highest BCUT2D eigenvalue weighted by molar-refractivity contribution is 7.83. The topological polar surface area (TPSA) is 0 Å². The molecular weight excluding hydrogens is 398 g/mol. The van der Waals surface area contributed by atoms with E-state index in [9.17, 15) is 0 Å². The van der Waals surface area contributed by atoms with E-state index < -0.39 is 0 Å². The molecule has 2 aromatic carbocycles. The molecule has 0 radical (unpaired) electrons. The fourth-order valence-electron chi connectivity index (χ4n) is 1.82. The first kappa shape index (κ1) is 17.0. The zero-order valence-corrected chi connectivity index (χ0v) is 15.5. The van der Waals surface area contributed by atoms with E-state index in [0.29, 0.717) is 15.4 Å². The van der Waals surface area contributed by atoms with E-state index in [2.05, 4.69) is 25.3 Å². The standard InChI is InChI=1S/C13H7Cl5S2/c1-4-2-3-5(19)13(20)6(4)7-8(14)10(16)12(18)11(17)9(7)15/h2-3,19-20H,1H3. The van der Waals surface area contributed by atoms with Crippen molar-refractivity contribution in [3.05, 3.63) is 42.8 Å². The lowest BCUT2D eigenvalue weighted by molar-refractivity contribution is 1.23. The Labute approximate surface area is 153 Å². The summed E-state index contributed by atoms with van der Waals surface area (Å²) in [6, 6.07) is 3.73. The van der Waals surface area contributed by atoms with Crippen molar-refractivity contribution >= 4 is 83.3 Å². The lowest BCUT2D eigenvalue weighted by Gasteiger charge is -2.17. The van der Waals surface area contributed by atoms with Crippen molar-refractivity contribution in [2.24, 2.45) is 0 Å². The van der Waals surface area contributed by atoms with E-state index in [0.717, 1.165) is 11.1 Å². The fraction of sp³-hybridized carbons (Fsp3) is 0.0769. The molecule has 0 bridgehead atoms. The Morgan fingerprint density at radius 2 is 1.15 bits per heavy atom. The summed E-state index contributed by atoms with van der Waals surface area (Å²) in [5.74, 6) is 0. The first-order chi connectivity index (χ1) is 9.27. The predicted molar refractivity (Wildman–Crippen MR) is 96.2 cm³/mol. The van der Waals surface area contributed by atoms with Gasteiger partial charge in [0.15, 0.2) is 0 Å². The van der Waals surface area contributed by atoms with Crippen LogP contribution in [0.3, 0.4) is 0 Å². The van der Waals surface area contributed by atoms with Crippen LogP contribution in [0.15, 0.2) is 21.9 Å². The highest BCUT2D eigenvalue weighted by Gasteiger charge is 2.23. The minimum atomic E-state index is 0.132. The average molecular weight is 405 g/mol. The van der Waals surface area contributed by atoms with Gasteiger partial charge in [-0.05, 0) is 18.6 Å². The predicted octanol–water partition coefficient (Wildman–Crippen LogP) is 7.51. The van der Waals surface area contributed by atoms with Crippen molar-refractivity contribution in [2.75, 3.05) is 0 Å². The molecule has 0 aliphatic rings. The van der Waals surface area contributed by atoms with Gasteiger partial charge in [0.2, 0.25) is 0 Å². The number of rotatable bonds is 1. The minimum Gasteiger partial charge on any atom is -0.142 e. The summed E-state index contributed by atoms with van der Waals surface area (Å²) in [5, 5.41) is 0.933. The number of thiol groups is 2. The van der Waals surface area contributed by atoms with Crippen LogP contribution < -0.4 is 0 Å². The third-order valence-electron chi connectivity index (χ3n) is 2.82. The molecule has 20 heavy (non-hydrogen) atoms. The van der Waals surface area contributed by atoms with Crippen LogP contribution in [-0.4, -0.2) is 0 Å². The van der Waals surface area contributed by atoms with Crippen LogP contribution in [-0.2, 0) is 0 Å². The Kier molecular flexibility index (Phi) is 5.40. The van der Waals surface area contributed by atoms with E-state index in [1.807, 2.05) is 19.1 Å². The maximum Gasteiger partial charge on any atom is 0.0809 e. The van der Waals surface area contributed by atoms with Gasteiger partial charge in [-0.25, -0.2) is 0 Å². The van der Waals surface area contributed by atoms with Crippen LogP contribution in [0, 0.1) is 6.92 Å². The lowest BCUT2D eigenvalue weighted by Crippen LogP contribution is -1.92. The summed E-state index contributed by atoms with van der Waals surface area (Å²) >= 11 is 39.6. The second-order valence-corrected chi connectivity index (χ2v) is 6.89. The first-order valence-corrected chi connectivity index (χ1v) is 8.09. The number of halogens is 5. The van der Waals surface area contributed by atoms with Gasteiger partial charge in [-0.1, -0.05) is 64.1 Å². The van der Waals surface area contributed by atoms with Crippen molar-refractivity contribution in [3.8, 4) is 11.1 Å². The van der Waals surface area contributed by atoms with Gasteiger partial charge in [-0.2, -0.15) is 0 Å². The SMILES string of the molecule is Cc1ccc(S)c(S)c1-c1c(Cl)c(Cl)c(Cl)c(Cl)c1Cl. The van der Waals surface area contributed by atoms with Gasteiger partial charge >= 0.3 is 0 Å². The molecular formula is C13H7Cl5S2. The molecule has 0 unspecified atom stereocenters. The van der Waals surface area contributed by atoms with Crippen LogP contribution in [0.2, 0.25) is 25.1 Å². The van der Waals surface area contributed by atoms with Crippen LogP contribution in [0.4, 0.5) is 0 Å².